The highest BCUT2D eigenvalue weighted by molar-refractivity contribution is 7.91. The molecule has 2 aromatic rings. The maximum Gasteiger partial charge on any atom is 0.227 e. The van der Waals surface area contributed by atoms with Crippen LogP contribution in [-0.4, -0.2) is 47.1 Å². The normalized spacial score (nSPS) is 16.3. The van der Waals surface area contributed by atoms with E-state index >= 15 is 0 Å². The molecular weight excluding hydrogens is 358 g/mol. The van der Waals surface area contributed by atoms with Gasteiger partial charge in [0.1, 0.15) is 0 Å². The molecule has 0 atom stereocenters. The summed E-state index contributed by atoms with van der Waals surface area (Å²) in [4.78, 5) is 19.4. The summed E-state index contributed by atoms with van der Waals surface area (Å²) in [6.07, 6.45) is 5.32. The summed E-state index contributed by atoms with van der Waals surface area (Å²) < 4.78 is 26.9. The van der Waals surface area contributed by atoms with Gasteiger partial charge >= 0.3 is 0 Å². The van der Waals surface area contributed by atoms with Crippen molar-refractivity contribution in [3.63, 3.8) is 0 Å². The molecule has 1 amide bonds. The van der Waals surface area contributed by atoms with E-state index < -0.39 is 15.1 Å². The fourth-order valence-electron chi connectivity index (χ4n) is 3.23. The van der Waals surface area contributed by atoms with Gasteiger partial charge in [-0.1, -0.05) is 0 Å². The molecule has 0 radical (unpaired) electrons. The van der Waals surface area contributed by atoms with Crippen molar-refractivity contribution < 1.29 is 13.2 Å². The van der Waals surface area contributed by atoms with Crippen molar-refractivity contribution in [2.75, 3.05) is 13.1 Å². The predicted octanol–water partition coefficient (Wildman–Crippen LogP) is 2.19. The first-order valence-electron chi connectivity index (χ1n) is 8.41. The number of carbonyl (C=O) groups is 1. The van der Waals surface area contributed by atoms with Crippen molar-refractivity contribution in [3.05, 3.63) is 34.3 Å². The molecule has 3 rings (SSSR count). The Kier molecular flexibility index (Phi) is 5.29. The van der Waals surface area contributed by atoms with Crippen molar-refractivity contribution in [3.8, 4) is 0 Å². The monoisotopic (exact) mass is 381 g/mol. The molecule has 1 aliphatic rings. The molecule has 3 heterocycles. The quantitative estimate of drug-likeness (QED) is 0.796. The summed E-state index contributed by atoms with van der Waals surface area (Å²) in [7, 11) is -1.75. The molecule has 0 saturated carbocycles. The predicted molar refractivity (Wildman–Crippen MR) is 97.4 cm³/mol. The lowest BCUT2D eigenvalue weighted by atomic mass is 10.1. The Morgan fingerprint density at radius 1 is 1.36 bits per heavy atom. The molecule has 1 saturated heterocycles. The van der Waals surface area contributed by atoms with Gasteiger partial charge in [-0.05, 0) is 43.2 Å². The summed E-state index contributed by atoms with van der Waals surface area (Å²) in [5.41, 5.74) is 1.23. The molecule has 136 valence electrons. The molecule has 1 fully saturated rings. The topological polar surface area (TPSA) is 72.3 Å². The van der Waals surface area contributed by atoms with E-state index in [0.717, 1.165) is 6.42 Å². The molecule has 0 bridgehead atoms. The number of nitrogens with zero attached hydrogens (tertiary/aromatic N) is 3. The van der Waals surface area contributed by atoms with Crippen molar-refractivity contribution in [2.24, 2.45) is 7.05 Å². The number of likely N-dealkylation sites (tertiary alicyclic amines) is 1. The van der Waals surface area contributed by atoms with Gasteiger partial charge in [-0.3, -0.25) is 4.79 Å². The van der Waals surface area contributed by atoms with Gasteiger partial charge in [-0.15, -0.1) is 11.3 Å². The second-order valence-corrected chi connectivity index (χ2v) is 9.60. The van der Waals surface area contributed by atoms with Crippen LogP contribution in [0.25, 0.3) is 0 Å². The lowest BCUT2D eigenvalue weighted by molar-refractivity contribution is -0.131. The fraction of sp³-hybridized carbons (Fsp3) is 0.529. The smallest absolute Gasteiger partial charge is 0.227 e. The summed E-state index contributed by atoms with van der Waals surface area (Å²) in [6, 6.07) is 2.07. The highest BCUT2D eigenvalue weighted by atomic mass is 32.2. The number of thiophene rings is 1. The van der Waals surface area contributed by atoms with Crippen molar-refractivity contribution in [2.45, 2.75) is 43.0 Å². The van der Waals surface area contributed by atoms with E-state index in [4.69, 9.17) is 0 Å². The average molecular weight is 382 g/mol. The Labute approximate surface area is 152 Å². The maximum absolute atomic E-state index is 12.7. The molecule has 6 nitrogen and oxygen atoms in total. The molecular formula is C17H23N3O3S2. The van der Waals surface area contributed by atoms with Gasteiger partial charge in [0, 0.05) is 43.8 Å². The Bertz CT molecular complexity index is 846. The van der Waals surface area contributed by atoms with Crippen LogP contribution in [0, 0.1) is 6.92 Å². The minimum atomic E-state index is -3.44. The number of sulfone groups is 1. The van der Waals surface area contributed by atoms with E-state index in [1.54, 1.807) is 29.5 Å². The molecule has 8 heteroatoms. The number of hydrogen-bond donors (Lipinski definition) is 0. The first kappa shape index (κ1) is 18.1. The molecule has 0 unspecified atom stereocenters. The van der Waals surface area contributed by atoms with Crippen LogP contribution in [0.15, 0.2) is 29.0 Å². The molecule has 25 heavy (non-hydrogen) atoms. The zero-order valence-electron chi connectivity index (χ0n) is 14.5. The third-order valence-electron chi connectivity index (χ3n) is 4.80. The Balaban J connectivity index is 1.56. The zero-order valence-corrected chi connectivity index (χ0v) is 16.1. The number of rotatable bonds is 5. The number of carbonyl (C=O) groups excluding carboxylic acids is 1. The van der Waals surface area contributed by atoms with E-state index in [0.29, 0.717) is 32.4 Å². The largest absolute Gasteiger partial charge is 0.343 e. The van der Waals surface area contributed by atoms with Gasteiger partial charge in [0.2, 0.25) is 20.9 Å². The Morgan fingerprint density at radius 3 is 2.64 bits per heavy atom. The summed E-state index contributed by atoms with van der Waals surface area (Å²) >= 11 is 1.68. The number of imidazole rings is 1. The summed E-state index contributed by atoms with van der Waals surface area (Å²) in [5.74, 6) is 0.112. The second-order valence-electron chi connectivity index (χ2n) is 6.47. The number of hydrogen-bond acceptors (Lipinski definition) is 5. The van der Waals surface area contributed by atoms with Crippen LogP contribution in [0.1, 0.15) is 29.7 Å². The SMILES string of the molecule is Cc1ccsc1CCC(=O)N1CCC(S(=O)(=O)c2nccn2C)CC1. The molecule has 0 N–H and O–H groups in total. The third-order valence-corrected chi connectivity index (χ3v) is 8.13. The minimum absolute atomic E-state index is 0.112. The first-order valence-corrected chi connectivity index (χ1v) is 10.8. The highest BCUT2D eigenvalue weighted by Crippen LogP contribution is 2.24. The molecule has 0 aliphatic carbocycles. The summed E-state index contributed by atoms with van der Waals surface area (Å²) in [6.45, 7) is 3.05. The van der Waals surface area contributed by atoms with E-state index in [9.17, 15) is 13.2 Å². The number of amides is 1. The maximum atomic E-state index is 12.7. The van der Waals surface area contributed by atoms with Crippen LogP contribution in [-0.2, 0) is 28.1 Å². The fourth-order valence-corrected chi connectivity index (χ4v) is 5.94. The Morgan fingerprint density at radius 2 is 2.08 bits per heavy atom. The van der Waals surface area contributed by atoms with E-state index in [1.807, 2.05) is 5.38 Å². The molecule has 1 aliphatic heterocycles. The molecule has 0 aromatic carbocycles. The van der Waals surface area contributed by atoms with Crippen LogP contribution in [0.4, 0.5) is 0 Å². The van der Waals surface area contributed by atoms with Crippen molar-refractivity contribution in [1.29, 1.82) is 0 Å². The third kappa shape index (κ3) is 3.79. The van der Waals surface area contributed by atoms with Gasteiger partial charge in [-0.25, -0.2) is 13.4 Å². The first-order chi connectivity index (χ1) is 11.9. The van der Waals surface area contributed by atoms with Gasteiger partial charge in [0.15, 0.2) is 0 Å². The van der Waals surface area contributed by atoms with Crippen LogP contribution in [0.2, 0.25) is 0 Å². The standard InChI is InChI=1S/C17H23N3O3S2/c1-13-7-12-24-15(13)3-4-16(21)20-9-5-14(6-10-20)25(22,23)17-18-8-11-19(17)2/h7-8,11-12,14H,3-6,9-10H2,1-2H3. The van der Waals surface area contributed by atoms with Crippen LogP contribution >= 0.6 is 11.3 Å². The average Bonchev–Trinajstić information content (AvgIpc) is 3.21. The lowest BCUT2D eigenvalue weighted by Gasteiger charge is -2.31. The molecule has 2 aromatic heterocycles. The number of aryl methyl sites for hydroxylation is 3. The minimum Gasteiger partial charge on any atom is -0.343 e. The van der Waals surface area contributed by atoms with E-state index in [-0.39, 0.29) is 11.1 Å². The van der Waals surface area contributed by atoms with Gasteiger partial charge in [0.05, 0.1) is 5.25 Å². The van der Waals surface area contributed by atoms with Crippen LogP contribution in [0.5, 0.6) is 0 Å². The molecule has 0 spiro atoms. The van der Waals surface area contributed by atoms with Gasteiger partial charge in [0.25, 0.3) is 0 Å². The Hall–Kier alpha value is -1.67. The van der Waals surface area contributed by atoms with Crippen molar-refractivity contribution >= 4 is 27.1 Å². The lowest BCUT2D eigenvalue weighted by Crippen LogP contribution is -2.43. The van der Waals surface area contributed by atoms with E-state index in [1.165, 1.54) is 21.2 Å². The number of piperidine rings is 1. The van der Waals surface area contributed by atoms with Gasteiger partial charge < -0.3 is 9.47 Å². The second kappa shape index (κ2) is 7.29. The highest BCUT2D eigenvalue weighted by Gasteiger charge is 2.34. The summed E-state index contributed by atoms with van der Waals surface area (Å²) in [5, 5.41) is 1.70. The number of aromatic nitrogens is 2. The van der Waals surface area contributed by atoms with Gasteiger partial charge in [-0.2, -0.15) is 0 Å². The van der Waals surface area contributed by atoms with Crippen LogP contribution < -0.4 is 0 Å². The van der Waals surface area contributed by atoms with E-state index in [2.05, 4.69) is 18.0 Å². The van der Waals surface area contributed by atoms with Crippen LogP contribution in [0.3, 0.4) is 0 Å². The zero-order chi connectivity index (χ0) is 18.0. The van der Waals surface area contributed by atoms with Crippen molar-refractivity contribution in [1.82, 2.24) is 14.5 Å².